The zero-order valence-corrected chi connectivity index (χ0v) is 11.3. The zero-order valence-electron chi connectivity index (χ0n) is 11.3. The molecular formula is C13H14FN3O3. The van der Waals surface area contributed by atoms with Gasteiger partial charge in [-0.25, -0.2) is 14.2 Å². The molecule has 106 valence electrons. The lowest BCUT2D eigenvalue weighted by Gasteiger charge is -2.10. The molecular weight excluding hydrogens is 265 g/mol. The van der Waals surface area contributed by atoms with Crippen LogP contribution >= 0.6 is 0 Å². The third kappa shape index (κ3) is 2.18. The molecule has 1 aromatic heterocycles. The normalized spacial score (nSPS) is 10.4. The van der Waals surface area contributed by atoms with Crippen molar-refractivity contribution in [3.05, 3.63) is 35.5 Å². The van der Waals surface area contributed by atoms with E-state index in [-0.39, 0.29) is 17.2 Å². The number of carbonyl (C=O) groups excluding carboxylic acids is 1. The fourth-order valence-corrected chi connectivity index (χ4v) is 1.89. The molecule has 0 aliphatic rings. The highest BCUT2D eigenvalue weighted by molar-refractivity contribution is 5.92. The van der Waals surface area contributed by atoms with Crippen molar-refractivity contribution >= 4 is 11.8 Å². The first-order valence-corrected chi connectivity index (χ1v) is 5.76. The van der Waals surface area contributed by atoms with Crippen LogP contribution in [-0.2, 0) is 4.74 Å². The van der Waals surface area contributed by atoms with Crippen molar-refractivity contribution in [2.75, 3.05) is 20.0 Å². The van der Waals surface area contributed by atoms with E-state index in [1.165, 1.54) is 37.0 Å². The summed E-state index contributed by atoms with van der Waals surface area (Å²) < 4.78 is 24.9. The molecule has 0 fully saturated rings. The van der Waals surface area contributed by atoms with Crippen LogP contribution in [0, 0.1) is 12.7 Å². The number of esters is 1. The molecule has 0 amide bonds. The van der Waals surface area contributed by atoms with Crippen molar-refractivity contribution < 1.29 is 18.7 Å². The Morgan fingerprint density at radius 1 is 1.40 bits per heavy atom. The van der Waals surface area contributed by atoms with Crippen molar-refractivity contribution in [3.63, 3.8) is 0 Å². The number of methoxy groups -OCH3 is 2. The summed E-state index contributed by atoms with van der Waals surface area (Å²) in [5.74, 6) is -0.327. The monoisotopic (exact) mass is 279 g/mol. The summed E-state index contributed by atoms with van der Waals surface area (Å²) in [4.78, 5) is 15.6. The van der Waals surface area contributed by atoms with Crippen LogP contribution in [0.15, 0.2) is 18.2 Å². The van der Waals surface area contributed by atoms with Crippen LogP contribution < -0.4 is 10.5 Å². The summed E-state index contributed by atoms with van der Waals surface area (Å²) in [5.41, 5.74) is 5.97. The molecule has 1 aromatic carbocycles. The third-order valence-electron chi connectivity index (χ3n) is 2.85. The Morgan fingerprint density at radius 2 is 2.10 bits per heavy atom. The van der Waals surface area contributed by atoms with Gasteiger partial charge in [0.15, 0.2) is 5.69 Å². The van der Waals surface area contributed by atoms with Crippen LogP contribution in [-0.4, -0.2) is 29.7 Å². The second-order valence-corrected chi connectivity index (χ2v) is 4.04. The minimum atomic E-state index is -0.673. The molecule has 0 spiro atoms. The maximum atomic E-state index is 14.0. The lowest BCUT2D eigenvalue weighted by atomic mass is 10.2. The predicted octanol–water partition coefficient (Wildman–Crippen LogP) is 1.70. The summed E-state index contributed by atoms with van der Waals surface area (Å²) in [6, 6.07) is 4.22. The van der Waals surface area contributed by atoms with E-state index in [4.69, 9.17) is 10.5 Å². The Balaban J connectivity index is 2.64. The average Bonchev–Trinajstić information content (AvgIpc) is 2.74. The first-order chi connectivity index (χ1) is 9.49. The largest absolute Gasteiger partial charge is 0.497 e. The summed E-state index contributed by atoms with van der Waals surface area (Å²) in [6.45, 7) is 1.61. The number of carbonyl (C=O) groups is 1. The van der Waals surface area contributed by atoms with Crippen LogP contribution in [0.4, 0.5) is 10.2 Å². The van der Waals surface area contributed by atoms with E-state index >= 15 is 0 Å². The van der Waals surface area contributed by atoms with Gasteiger partial charge in [0.25, 0.3) is 0 Å². The molecule has 2 N–H and O–H groups in total. The Labute approximate surface area is 114 Å². The molecule has 0 aliphatic heterocycles. The third-order valence-corrected chi connectivity index (χ3v) is 2.85. The van der Waals surface area contributed by atoms with E-state index in [1.54, 1.807) is 6.92 Å². The Morgan fingerprint density at radius 3 is 2.70 bits per heavy atom. The van der Waals surface area contributed by atoms with Gasteiger partial charge in [0.2, 0.25) is 0 Å². The van der Waals surface area contributed by atoms with Crippen molar-refractivity contribution in [2.24, 2.45) is 0 Å². The molecule has 2 aromatic rings. The minimum absolute atomic E-state index is 0.0153. The van der Waals surface area contributed by atoms with Crippen molar-refractivity contribution in [1.29, 1.82) is 0 Å². The molecule has 1 heterocycles. The van der Waals surface area contributed by atoms with Crippen LogP contribution in [0.1, 0.15) is 16.3 Å². The van der Waals surface area contributed by atoms with Gasteiger partial charge in [-0.2, -0.15) is 0 Å². The Hall–Kier alpha value is -2.57. The van der Waals surface area contributed by atoms with E-state index in [2.05, 4.69) is 9.72 Å². The molecule has 0 radical (unpaired) electrons. The molecule has 0 atom stereocenters. The number of aryl methyl sites for hydroxylation is 1. The van der Waals surface area contributed by atoms with E-state index in [0.29, 0.717) is 11.6 Å². The minimum Gasteiger partial charge on any atom is -0.497 e. The van der Waals surface area contributed by atoms with Gasteiger partial charge in [-0.1, -0.05) is 0 Å². The van der Waals surface area contributed by atoms with Crippen molar-refractivity contribution in [1.82, 2.24) is 9.55 Å². The van der Waals surface area contributed by atoms with Gasteiger partial charge in [-0.05, 0) is 19.1 Å². The van der Waals surface area contributed by atoms with Crippen LogP contribution in [0.2, 0.25) is 0 Å². The number of rotatable bonds is 3. The summed E-state index contributed by atoms with van der Waals surface area (Å²) >= 11 is 0. The van der Waals surface area contributed by atoms with Crippen molar-refractivity contribution in [3.8, 4) is 11.4 Å². The summed E-state index contributed by atoms with van der Waals surface area (Å²) in [7, 11) is 2.70. The van der Waals surface area contributed by atoms with E-state index in [9.17, 15) is 9.18 Å². The lowest BCUT2D eigenvalue weighted by molar-refractivity contribution is 0.0596. The number of anilines is 1. The van der Waals surface area contributed by atoms with Crippen LogP contribution in [0.25, 0.3) is 5.69 Å². The fourth-order valence-electron chi connectivity index (χ4n) is 1.89. The number of ether oxygens (including phenoxy) is 2. The average molecular weight is 279 g/mol. The highest BCUT2D eigenvalue weighted by atomic mass is 19.1. The molecule has 0 unspecified atom stereocenters. The molecule has 0 aliphatic carbocycles. The standard InChI is InChI=1S/C13H14FN3O3/c1-7-16-11(13(18)20-3)12(15)17(7)10-6-8(19-2)4-5-9(10)14/h4-6H,15H2,1-3H3. The molecule has 7 heteroatoms. The molecule has 2 rings (SSSR count). The number of nitrogens with two attached hydrogens (primary N) is 1. The number of hydrogen-bond donors (Lipinski definition) is 1. The Bertz CT molecular complexity index is 667. The quantitative estimate of drug-likeness (QED) is 0.865. The number of nitrogens with zero attached hydrogens (tertiary/aromatic N) is 2. The Kier molecular flexibility index (Phi) is 3.60. The van der Waals surface area contributed by atoms with Gasteiger partial charge in [-0.3, -0.25) is 4.57 Å². The van der Waals surface area contributed by atoms with Gasteiger partial charge in [0, 0.05) is 6.07 Å². The maximum absolute atomic E-state index is 14.0. The first-order valence-electron chi connectivity index (χ1n) is 5.76. The molecule has 0 saturated carbocycles. The topological polar surface area (TPSA) is 79.4 Å². The number of hydrogen-bond acceptors (Lipinski definition) is 5. The highest BCUT2D eigenvalue weighted by Gasteiger charge is 2.21. The van der Waals surface area contributed by atoms with E-state index < -0.39 is 11.8 Å². The highest BCUT2D eigenvalue weighted by Crippen LogP contribution is 2.26. The second-order valence-electron chi connectivity index (χ2n) is 4.04. The number of nitrogen functional groups attached to an aromatic ring is 1. The molecule has 20 heavy (non-hydrogen) atoms. The van der Waals surface area contributed by atoms with E-state index in [0.717, 1.165) is 0 Å². The van der Waals surface area contributed by atoms with Gasteiger partial charge in [0.1, 0.15) is 23.2 Å². The molecule has 0 bridgehead atoms. The SMILES string of the molecule is COC(=O)c1nc(C)n(-c2cc(OC)ccc2F)c1N. The van der Waals surface area contributed by atoms with Crippen molar-refractivity contribution in [2.45, 2.75) is 6.92 Å². The van der Waals surface area contributed by atoms with Crippen LogP contribution in [0.3, 0.4) is 0 Å². The lowest BCUT2D eigenvalue weighted by Crippen LogP contribution is -2.08. The summed E-state index contributed by atoms with van der Waals surface area (Å²) in [6.07, 6.45) is 0. The maximum Gasteiger partial charge on any atom is 0.360 e. The smallest absolute Gasteiger partial charge is 0.360 e. The number of imidazole rings is 1. The predicted molar refractivity (Wildman–Crippen MR) is 70.6 cm³/mol. The summed E-state index contributed by atoms with van der Waals surface area (Å²) in [5, 5.41) is 0. The van der Waals surface area contributed by atoms with Gasteiger partial charge in [0.05, 0.1) is 19.9 Å². The molecule has 0 saturated heterocycles. The van der Waals surface area contributed by atoms with Gasteiger partial charge >= 0.3 is 5.97 Å². The van der Waals surface area contributed by atoms with E-state index in [1.807, 2.05) is 0 Å². The van der Waals surface area contributed by atoms with Gasteiger partial charge in [-0.15, -0.1) is 0 Å². The molecule has 6 nitrogen and oxygen atoms in total. The van der Waals surface area contributed by atoms with Crippen LogP contribution in [0.5, 0.6) is 5.75 Å². The number of halogens is 1. The first kappa shape index (κ1) is 13.9. The number of aromatic nitrogens is 2. The fraction of sp³-hybridized carbons (Fsp3) is 0.231. The zero-order chi connectivity index (χ0) is 14.9. The van der Waals surface area contributed by atoms with Gasteiger partial charge < -0.3 is 15.2 Å². The second kappa shape index (κ2) is 5.20. The number of benzene rings is 1.